The fourth-order valence-electron chi connectivity index (χ4n) is 4.23. The van der Waals surface area contributed by atoms with Gasteiger partial charge >= 0.3 is 0 Å². The summed E-state index contributed by atoms with van der Waals surface area (Å²) in [5.41, 5.74) is 4.04. The fraction of sp³-hybridized carbons (Fsp3) is 0.185. The standard InChI is InChI=1S/C27H25N5O3S/c1-16-23(25(33)30-20-8-6-5-7-9-20)24(18-10-12-21(35-4)13-11-18)32-26(34)22(36-27(32)29-16)14-19-15-28-31(3)17(19)2/h5-15,24H,1-4H3,(H,30,33)/t24-/m0/s1. The summed E-state index contributed by atoms with van der Waals surface area (Å²) in [5.74, 6) is 0.384. The van der Waals surface area contributed by atoms with Crippen LogP contribution in [0.3, 0.4) is 0 Å². The number of aryl methyl sites for hydroxylation is 1. The van der Waals surface area contributed by atoms with Crippen molar-refractivity contribution in [2.75, 3.05) is 12.4 Å². The number of para-hydroxylation sites is 1. The van der Waals surface area contributed by atoms with Crippen LogP contribution >= 0.6 is 11.3 Å². The predicted molar refractivity (Wildman–Crippen MR) is 140 cm³/mol. The predicted octanol–water partition coefficient (Wildman–Crippen LogP) is 2.92. The van der Waals surface area contributed by atoms with Gasteiger partial charge in [0.05, 0.1) is 35.2 Å². The van der Waals surface area contributed by atoms with Crippen LogP contribution < -0.4 is 24.9 Å². The largest absolute Gasteiger partial charge is 0.497 e. The van der Waals surface area contributed by atoms with Crippen molar-refractivity contribution in [3.8, 4) is 5.75 Å². The molecule has 9 heteroatoms. The Balaban J connectivity index is 1.68. The van der Waals surface area contributed by atoms with E-state index in [0.717, 1.165) is 16.8 Å². The maximum absolute atomic E-state index is 13.8. The molecule has 5 rings (SSSR count). The van der Waals surface area contributed by atoms with Gasteiger partial charge in [-0.3, -0.25) is 18.8 Å². The average Bonchev–Trinajstić information content (AvgIpc) is 3.36. The summed E-state index contributed by atoms with van der Waals surface area (Å²) in [6.45, 7) is 3.75. The second-order valence-corrected chi connectivity index (χ2v) is 9.49. The molecule has 0 saturated heterocycles. The Morgan fingerprint density at radius 3 is 2.47 bits per heavy atom. The SMILES string of the molecule is COc1ccc([C@H]2C(C(=O)Nc3ccccc3)=C(C)N=c3sc(=Cc4cnn(C)c4C)c(=O)n32)cc1. The van der Waals surface area contributed by atoms with Crippen LogP contribution in [0.4, 0.5) is 5.69 Å². The first-order valence-electron chi connectivity index (χ1n) is 11.4. The van der Waals surface area contributed by atoms with Crippen LogP contribution in [0, 0.1) is 6.92 Å². The molecular weight excluding hydrogens is 474 g/mol. The number of anilines is 1. The Morgan fingerprint density at radius 2 is 1.83 bits per heavy atom. The van der Waals surface area contributed by atoms with Gasteiger partial charge in [0.25, 0.3) is 11.5 Å². The normalized spacial score (nSPS) is 15.4. The number of fused-ring (bicyclic) bond motifs is 1. The fourth-order valence-corrected chi connectivity index (χ4v) is 5.27. The van der Waals surface area contributed by atoms with Crippen LogP contribution in [0.2, 0.25) is 0 Å². The lowest BCUT2D eigenvalue weighted by atomic mass is 9.95. The number of carbonyl (C=O) groups is 1. The van der Waals surface area contributed by atoms with Gasteiger partial charge in [-0.1, -0.05) is 41.7 Å². The minimum Gasteiger partial charge on any atom is -0.497 e. The van der Waals surface area contributed by atoms with E-state index in [4.69, 9.17) is 4.74 Å². The number of hydrogen-bond acceptors (Lipinski definition) is 6. The molecule has 36 heavy (non-hydrogen) atoms. The monoisotopic (exact) mass is 499 g/mol. The van der Waals surface area contributed by atoms with E-state index in [1.807, 2.05) is 74.6 Å². The summed E-state index contributed by atoms with van der Waals surface area (Å²) in [7, 11) is 3.46. The Morgan fingerprint density at radius 1 is 1.11 bits per heavy atom. The Kier molecular flexibility index (Phi) is 6.15. The van der Waals surface area contributed by atoms with Crippen molar-refractivity contribution in [2.45, 2.75) is 19.9 Å². The third-order valence-corrected chi connectivity index (χ3v) is 7.27. The molecule has 0 aliphatic carbocycles. The van der Waals surface area contributed by atoms with Gasteiger partial charge in [0.15, 0.2) is 4.80 Å². The molecule has 1 amide bonds. The molecule has 4 aromatic rings. The number of carbonyl (C=O) groups excluding carboxylic acids is 1. The highest BCUT2D eigenvalue weighted by Gasteiger charge is 2.32. The molecule has 0 radical (unpaired) electrons. The topological polar surface area (TPSA) is 90.5 Å². The van der Waals surface area contributed by atoms with Gasteiger partial charge in [-0.15, -0.1) is 0 Å². The lowest BCUT2D eigenvalue weighted by Crippen LogP contribution is -2.40. The van der Waals surface area contributed by atoms with E-state index >= 15 is 0 Å². The van der Waals surface area contributed by atoms with Gasteiger partial charge < -0.3 is 10.1 Å². The van der Waals surface area contributed by atoms with Gasteiger partial charge in [-0.05, 0) is 49.8 Å². The molecule has 2 aromatic carbocycles. The minimum atomic E-state index is -0.645. The second-order valence-electron chi connectivity index (χ2n) is 8.48. The molecule has 0 saturated carbocycles. The van der Waals surface area contributed by atoms with E-state index in [0.29, 0.717) is 32.0 Å². The Labute approximate surface area is 211 Å². The maximum atomic E-state index is 13.8. The highest BCUT2D eigenvalue weighted by atomic mass is 32.1. The first-order valence-corrected chi connectivity index (χ1v) is 12.2. The third kappa shape index (κ3) is 4.18. The van der Waals surface area contributed by atoms with Crippen LogP contribution in [0.15, 0.2) is 81.9 Å². The van der Waals surface area contributed by atoms with Crippen LogP contribution in [0.1, 0.15) is 29.8 Å². The lowest BCUT2D eigenvalue weighted by Gasteiger charge is -2.25. The molecule has 1 atom stereocenters. The highest BCUT2D eigenvalue weighted by molar-refractivity contribution is 7.07. The van der Waals surface area contributed by atoms with E-state index in [2.05, 4.69) is 15.4 Å². The molecule has 8 nitrogen and oxygen atoms in total. The second kappa shape index (κ2) is 9.43. The quantitative estimate of drug-likeness (QED) is 0.457. The average molecular weight is 500 g/mol. The van der Waals surface area contributed by atoms with E-state index in [-0.39, 0.29) is 11.5 Å². The first kappa shape index (κ1) is 23.5. The number of benzene rings is 2. The van der Waals surface area contributed by atoms with Crippen molar-refractivity contribution < 1.29 is 9.53 Å². The number of nitrogens with zero attached hydrogens (tertiary/aromatic N) is 4. The molecule has 182 valence electrons. The summed E-state index contributed by atoms with van der Waals surface area (Å²) in [6.07, 6.45) is 3.57. The van der Waals surface area contributed by atoms with Gasteiger partial charge in [-0.25, -0.2) is 4.99 Å². The number of amides is 1. The number of methoxy groups -OCH3 is 1. The number of aromatic nitrogens is 3. The molecule has 1 aliphatic heterocycles. The summed E-state index contributed by atoms with van der Waals surface area (Å²) in [5, 5.41) is 7.23. The first-order chi connectivity index (χ1) is 17.4. The zero-order valence-electron chi connectivity index (χ0n) is 20.4. The zero-order valence-corrected chi connectivity index (χ0v) is 21.2. The Bertz CT molecular complexity index is 1660. The molecule has 0 bridgehead atoms. The van der Waals surface area contributed by atoms with E-state index in [1.54, 1.807) is 29.5 Å². The van der Waals surface area contributed by atoms with E-state index in [1.165, 1.54) is 11.3 Å². The molecule has 3 heterocycles. The number of rotatable bonds is 5. The van der Waals surface area contributed by atoms with Gasteiger partial charge in [0, 0.05) is 24.0 Å². The molecule has 1 N–H and O–H groups in total. The lowest BCUT2D eigenvalue weighted by molar-refractivity contribution is -0.113. The van der Waals surface area contributed by atoms with Crippen LogP contribution in [0.25, 0.3) is 6.08 Å². The third-order valence-electron chi connectivity index (χ3n) is 6.29. The zero-order chi connectivity index (χ0) is 25.4. The van der Waals surface area contributed by atoms with E-state index < -0.39 is 6.04 Å². The van der Waals surface area contributed by atoms with Crippen molar-refractivity contribution in [1.29, 1.82) is 0 Å². The van der Waals surface area contributed by atoms with Gasteiger partial charge in [-0.2, -0.15) is 5.10 Å². The number of thiazole rings is 1. The number of allylic oxidation sites excluding steroid dienone is 1. The minimum absolute atomic E-state index is 0.208. The number of nitrogens with one attached hydrogen (secondary N) is 1. The number of ether oxygens (including phenoxy) is 1. The van der Waals surface area contributed by atoms with Gasteiger partial charge in [0.1, 0.15) is 5.75 Å². The van der Waals surface area contributed by atoms with Crippen LogP contribution in [-0.2, 0) is 11.8 Å². The molecular formula is C27H25N5O3S. The van der Waals surface area contributed by atoms with Gasteiger partial charge in [0.2, 0.25) is 0 Å². The molecule has 0 unspecified atom stereocenters. The van der Waals surface area contributed by atoms with Crippen molar-refractivity contribution in [1.82, 2.24) is 14.3 Å². The van der Waals surface area contributed by atoms with Crippen molar-refractivity contribution >= 4 is 29.0 Å². The van der Waals surface area contributed by atoms with E-state index in [9.17, 15) is 9.59 Å². The van der Waals surface area contributed by atoms with Crippen LogP contribution in [0.5, 0.6) is 5.75 Å². The van der Waals surface area contributed by atoms with Crippen molar-refractivity contribution in [2.24, 2.45) is 12.0 Å². The number of hydrogen-bond donors (Lipinski definition) is 1. The smallest absolute Gasteiger partial charge is 0.271 e. The van der Waals surface area contributed by atoms with Crippen molar-refractivity contribution in [3.05, 3.63) is 109 Å². The molecule has 0 fully saturated rings. The highest BCUT2D eigenvalue weighted by Crippen LogP contribution is 2.31. The molecule has 1 aliphatic rings. The van der Waals surface area contributed by atoms with Crippen molar-refractivity contribution in [3.63, 3.8) is 0 Å². The summed E-state index contributed by atoms with van der Waals surface area (Å²) < 4.78 is 9.22. The molecule has 0 spiro atoms. The van der Waals surface area contributed by atoms with Crippen LogP contribution in [-0.4, -0.2) is 27.4 Å². The maximum Gasteiger partial charge on any atom is 0.271 e. The summed E-state index contributed by atoms with van der Waals surface area (Å²) in [6, 6.07) is 16.0. The Hall–Kier alpha value is -4.24. The summed E-state index contributed by atoms with van der Waals surface area (Å²) in [4.78, 5) is 32.5. The summed E-state index contributed by atoms with van der Waals surface area (Å²) >= 11 is 1.30. The molecule has 2 aromatic heterocycles.